The number of hydrogen-bond acceptors (Lipinski definition) is 3. The number of halogens is 3. The molecule has 1 heterocycles. The predicted molar refractivity (Wildman–Crippen MR) is 113 cm³/mol. The van der Waals surface area contributed by atoms with E-state index in [0.717, 1.165) is 28.5 Å². The molecular formula is C24H17F3N2O2. The Morgan fingerprint density at radius 1 is 0.968 bits per heavy atom. The standard InChI is InChI=1S/C24H17F3N2O2/c25-24(26,27)19-9-4-8-18(13-19)22-12-11-20(31-22)15-28-29-23(30)14-17-7-3-6-16-5-1-2-10-21(16)17/h1-13,15H,14H2,(H,29,30)/b28-15-. The summed E-state index contributed by atoms with van der Waals surface area (Å²) in [6.45, 7) is 0. The lowest BCUT2D eigenvalue weighted by Gasteiger charge is -2.07. The first kappa shape index (κ1) is 20.4. The van der Waals surface area contributed by atoms with Crippen LogP contribution >= 0.6 is 0 Å². The Kier molecular flexibility index (Phi) is 5.58. The normalized spacial score (nSPS) is 11.8. The fourth-order valence-electron chi connectivity index (χ4n) is 3.25. The van der Waals surface area contributed by atoms with Gasteiger partial charge in [0.25, 0.3) is 0 Å². The van der Waals surface area contributed by atoms with Gasteiger partial charge in [-0.05, 0) is 40.6 Å². The maximum absolute atomic E-state index is 12.9. The highest BCUT2D eigenvalue weighted by atomic mass is 19.4. The second-order valence-electron chi connectivity index (χ2n) is 6.89. The van der Waals surface area contributed by atoms with E-state index < -0.39 is 11.7 Å². The molecule has 1 aromatic heterocycles. The second-order valence-corrected chi connectivity index (χ2v) is 6.89. The van der Waals surface area contributed by atoms with Crippen molar-refractivity contribution in [3.05, 3.63) is 95.7 Å². The number of benzene rings is 3. The van der Waals surface area contributed by atoms with Crippen molar-refractivity contribution in [2.75, 3.05) is 0 Å². The van der Waals surface area contributed by atoms with E-state index in [9.17, 15) is 18.0 Å². The van der Waals surface area contributed by atoms with Crippen molar-refractivity contribution >= 4 is 22.9 Å². The summed E-state index contributed by atoms with van der Waals surface area (Å²) < 4.78 is 44.2. The van der Waals surface area contributed by atoms with Gasteiger partial charge in [0, 0.05) is 5.56 Å². The molecule has 0 aliphatic rings. The van der Waals surface area contributed by atoms with Crippen molar-refractivity contribution in [3.63, 3.8) is 0 Å². The van der Waals surface area contributed by atoms with Crippen LogP contribution in [0.4, 0.5) is 13.2 Å². The summed E-state index contributed by atoms with van der Waals surface area (Å²) in [4.78, 5) is 12.2. The van der Waals surface area contributed by atoms with Gasteiger partial charge in [-0.15, -0.1) is 0 Å². The van der Waals surface area contributed by atoms with Crippen LogP contribution in [0.2, 0.25) is 0 Å². The smallest absolute Gasteiger partial charge is 0.416 e. The minimum Gasteiger partial charge on any atom is -0.455 e. The lowest BCUT2D eigenvalue weighted by Crippen LogP contribution is -2.19. The maximum Gasteiger partial charge on any atom is 0.416 e. The van der Waals surface area contributed by atoms with E-state index in [-0.39, 0.29) is 18.1 Å². The number of hydrogen-bond donors (Lipinski definition) is 1. The summed E-state index contributed by atoms with van der Waals surface area (Å²) in [7, 11) is 0. The molecule has 0 saturated heterocycles. The summed E-state index contributed by atoms with van der Waals surface area (Å²) in [6.07, 6.45) is -2.97. The lowest BCUT2D eigenvalue weighted by atomic mass is 10.0. The van der Waals surface area contributed by atoms with Crippen LogP contribution in [0.3, 0.4) is 0 Å². The molecule has 4 nitrogen and oxygen atoms in total. The van der Waals surface area contributed by atoms with E-state index in [4.69, 9.17) is 4.42 Å². The third-order valence-electron chi connectivity index (χ3n) is 4.71. The van der Waals surface area contributed by atoms with Crippen LogP contribution in [-0.2, 0) is 17.4 Å². The topological polar surface area (TPSA) is 54.6 Å². The fourth-order valence-corrected chi connectivity index (χ4v) is 3.25. The van der Waals surface area contributed by atoms with Crippen LogP contribution in [0, 0.1) is 0 Å². The Morgan fingerprint density at radius 3 is 2.58 bits per heavy atom. The highest BCUT2D eigenvalue weighted by molar-refractivity contribution is 5.90. The van der Waals surface area contributed by atoms with Crippen molar-refractivity contribution in [3.8, 4) is 11.3 Å². The maximum atomic E-state index is 12.9. The van der Waals surface area contributed by atoms with Gasteiger partial charge in [0.15, 0.2) is 0 Å². The van der Waals surface area contributed by atoms with Gasteiger partial charge in [-0.25, -0.2) is 5.43 Å². The Balaban J connectivity index is 1.41. The molecule has 1 N–H and O–H groups in total. The number of carbonyl (C=O) groups excluding carboxylic acids is 1. The van der Waals surface area contributed by atoms with Crippen molar-refractivity contribution < 1.29 is 22.4 Å². The number of fused-ring (bicyclic) bond motifs is 1. The quantitative estimate of drug-likeness (QED) is 0.326. The Morgan fingerprint density at radius 2 is 1.74 bits per heavy atom. The fraction of sp³-hybridized carbons (Fsp3) is 0.0833. The second kappa shape index (κ2) is 8.47. The number of alkyl halides is 3. The van der Waals surface area contributed by atoms with Gasteiger partial charge in [-0.2, -0.15) is 18.3 Å². The number of nitrogens with zero attached hydrogens (tertiary/aromatic N) is 1. The molecule has 31 heavy (non-hydrogen) atoms. The van der Waals surface area contributed by atoms with Gasteiger partial charge in [0.05, 0.1) is 18.2 Å². The molecule has 0 unspecified atom stereocenters. The van der Waals surface area contributed by atoms with Crippen LogP contribution in [0.15, 0.2) is 88.4 Å². The van der Waals surface area contributed by atoms with Gasteiger partial charge < -0.3 is 4.42 Å². The number of hydrazone groups is 1. The van der Waals surface area contributed by atoms with E-state index in [0.29, 0.717) is 11.3 Å². The summed E-state index contributed by atoms with van der Waals surface area (Å²) in [5, 5.41) is 5.93. The largest absolute Gasteiger partial charge is 0.455 e. The molecule has 0 aliphatic heterocycles. The highest BCUT2D eigenvalue weighted by Crippen LogP contribution is 2.32. The summed E-state index contributed by atoms with van der Waals surface area (Å²) in [5.74, 6) is 0.282. The zero-order valence-corrected chi connectivity index (χ0v) is 16.2. The predicted octanol–water partition coefficient (Wildman–Crippen LogP) is 5.81. The molecule has 0 atom stereocenters. The molecule has 7 heteroatoms. The molecule has 0 radical (unpaired) electrons. The first-order chi connectivity index (χ1) is 14.9. The average molecular weight is 422 g/mol. The van der Waals surface area contributed by atoms with Gasteiger partial charge in [-0.1, -0.05) is 54.6 Å². The number of carbonyl (C=O) groups is 1. The molecule has 4 rings (SSSR count). The van der Waals surface area contributed by atoms with Crippen molar-refractivity contribution in [1.29, 1.82) is 0 Å². The van der Waals surface area contributed by atoms with Gasteiger partial charge in [-0.3, -0.25) is 4.79 Å². The molecule has 3 aromatic carbocycles. The van der Waals surface area contributed by atoms with Gasteiger partial charge in [0.2, 0.25) is 5.91 Å². The monoisotopic (exact) mass is 422 g/mol. The zero-order chi connectivity index (χ0) is 21.8. The molecule has 0 spiro atoms. The van der Waals surface area contributed by atoms with Crippen molar-refractivity contribution in [2.45, 2.75) is 12.6 Å². The molecule has 156 valence electrons. The third-order valence-corrected chi connectivity index (χ3v) is 4.71. The third kappa shape index (κ3) is 4.83. The van der Waals surface area contributed by atoms with Crippen LogP contribution in [0.5, 0.6) is 0 Å². The van der Waals surface area contributed by atoms with E-state index in [2.05, 4.69) is 10.5 Å². The summed E-state index contributed by atoms with van der Waals surface area (Å²) >= 11 is 0. The van der Waals surface area contributed by atoms with Crippen molar-refractivity contribution in [1.82, 2.24) is 5.43 Å². The summed E-state index contributed by atoms with van der Waals surface area (Å²) in [5.41, 5.74) is 2.88. The Labute approximate surface area is 176 Å². The summed E-state index contributed by atoms with van der Waals surface area (Å²) in [6, 6.07) is 21.5. The molecule has 0 fully saturated rings. The minimum absolute atomic E-state index is 0.159. The van der Waals surface area contributed by atoms with E-state index >= 15 is 0 Å². The number of amides is 1. The van der Waals surface area contributed by atoms with Crippen LogP contribution in [-0.4, -0.2) is 12.1 Å². The average Bonchev–Trinajstić information content (AvgIpc) is 3.22. The zero-order valence-electron chi connectivity index (χ0n) is 16.2. The van der Waals surface area contributed by atoms with E-state index in [1.54, 1.807) is 12.1 Å². The van der Waals surface area contributed by atoms with Crippen LogP contribution < -0.4 is 5.43 Å². The van der Waals surface area contributed by atoms with Crippen molar-refractivity contribution in [2.24, 2.45) is 5.10 Å². The van der Waals surface area contributed by atoms with Crippen LogP contribution in [0.1, 0.15) is 16.9 Å². The van der Waals surface area contributed by atoms with Gasteiger partial charge >= 0.3 is 6.18 Å². The van der Waals surface area contributed by atoms with E-state index in [1.807, 2.05) is 42.5 Å². The van der Waals surface area contributed by atoms with Gasteiger partial charge in [0.1, 0.15) is 11.5 Å². The molecule has 0 saturated carbocycles. The van der Waals surface area contributed by atoms with E-state index in [1.165, 1.54) is 18.3 Å². The van der Waals surface area contributed by atoms with Crippen LogP contribution in [0.25, 0.3) is 22.1 Å². The minimum atomic E-state index is -4.43. The molecule has 0 bridgehead atoms. The number of furan rings is 1. The molecule has 1 amide bonds. The first-order valence-electron chi connectivity index (χ1n) is 9.46. The number of nitrogens with one attached hydrogen (secondary N) is 1. The first-order valence-corrected chi connectivity index (χ1v) is 9.46. The molecular weight excluding hydrogens is 405 g/mol. The Bertz CT molecular complexity index is 1250. The Hall–Kier alpha value is -3.87. The lowest BCUT2D eigenvalue weighted by molar-refractivity contribution is -0.137. The molecule has 4 aromatic rings. The highest BCUT2D eigenvalue weighted by Gasteiger charge is 2.30. The SMILES string of the molecule is O=C(Cc1cccc2ccccc12)N/N=C\c1ccc(-c2cccc(C(F)(F)F)c2)o1. The molecule has 0 aliphatic carbocycles. The number of rotatable bonds is 5.